The van der Waals surface area contributed by atoms with E-state index in [0.29, 0.717) is 35.6 Å². The van der Waals surface area contributed by atoms with Gasteiger partial charge < -0.3 is 14.2 Å². The Hall–Kier alpha value is -2.56. The Morgan fingerprint density at radius 1 is 1.12 bits per heavy atom. The third kappa shape index (κ3) is 3.98. The Kier molecular flexibility index (Phi) is 6.10. The van der Waals surface area contributed by atoms with Gasteiger partial charge in [0.25, 0.3) is 0 Å². The molecule has 2 atom stereocenters. The predicted molar refractivity (Wildman–Crippen MR) is 99.4 cm³/mol. The van der Waals surface area contributed by atoms with E-state index >= 15 is 0 Å². The Morgan fingerprint density at radius 3 is 2.69 bits per heavy atom. The first kappa shape index (κ1) is 18.2. The lowest BCUT2D eigenvalue weighted by molar-refractivity contribution is 0.111. The van der Waals surface area contributed by atoms with E-state index < -0.39 is 0 Å². The molecule has 0 bridgehead atoms. The molecule has 2 aromatic rings. The number of hydrogen-bond acceptors (Lipinski definition) is 5. The highest BCUT2D eigenvalue weighted by Crippen LogP contribution is 2.41. The van der Waals surface area contributed by atoms with Gasteiger partial charge in [0.1, 0.15) is 11.5 Å². The molecule has 1 aliphatic rings. The largest absolute Gasteiger partial charge is 0.496 e. The summed E-state index contributed by atoms with van der Waals surface area (Å²) >= 11 is 0. The summed E-state index contributed by atoms with van der Waals surface area (Å²) in [6.45, 7) is 0.553. The number of aldehydes is 1. The number of carbonyl (C=O) groups is 1. The molecule has 0 aliphatic heterocycles. The zero-order valence-electron chi connectivity index (χ0n) is 15.3. The molecule has 3 rings (SSSR count). The van der Waals surface area contributed by atoms with Crippen LogP contribution in [0.1, 0.15) is 47.5 Å². The average Bonchev–Trinajstić information content (AvgIpc) is 2.72. The first-order chi connectivity index (χ1) is 12.8. The van der Waals surface area contributed by atoms with Crippen LogP contribution in [-0.2, 0) is 0 Å². The molecule has 1 aromatic carbocycles. The highest BCUT2D eigenvalue weighted by atomic mass is 16.5. The van der Waals surface area contributed by atoms with Gasteiger partial charge in [-0.15, -0.1) is 0 Å². The van der Waals surface area contributed by atoms with Crippen LogP contribution >= 0.6 is 0 Å². The van der Waals surface area contributed by atoms with Gasteiger partial charge in [0, 0.05) is 6.07 Å². The van der Waals surface area contributed by atoms with Crippen molar-refractivity contribution in [3.05, 3.63) is 47.7 Å². The summed E-state index contributed by atoms with van der Waals surface area (Å²) in [6, 6.07) is 9.81. The number of benzene rings is 1. The fourth-order valence-electron chi connectivity index (χ4n) is 3.75. The molecular weight excluding hydrogens is 330 g/mol. The highest BCUT2D eigenvalue weighted by molar-refractivity contribution is 5.79. The van der Waals surface area contributed by atoms with Crippen molar-refractivity contribution in [3.8, 4) is 17.4 Å². The van der Waals surface area contributed by atoms with E-state index in [4.69, 9.17) is 14.2 Å². The van der Waals surface area contributed by atoms with E-state index in [1.165, 1.54) is 25.5 Å². The van der Waals surface area contributed by atoms with Crippen molar-refractivity contribution in [1.82, 2.24) is 4.98 Å². The van der Waals surface area contributed by atoms with E-state index in [-0.39, 0.29) is 0 Å². The molecular formula is C21H25NO4. The SMILES string of the molecule is COc1cc(C=O)c(OCC2CCCCC2c2ccccc2OC)cn1. The van der Waals surface area contributed by atoms with Crippen LogP contribution in [0.15, 0.2) is 36.5 Å². The van der Waals surface area contributed by atoms with Crippen LogP contribution in [0.3, 0.4) is 0 Å². The van der Waals surface area contributed by atoms with Crippen LogP contribution in [0.2, 0.25) is 0 Å². The van der Waals surface area contributed by atoms with E-state index in [1.807, 2.05) is 12.1 Å². The van der Waals surface area contributed by atoms with Gasteiger partial charge in [-0.3, -0.25) is 4.79 Å². The average molecular weight is 355 g/mol. The van der Waals surface area contributed by atoms with Gasteiger partial charge in [0.2, 0.25) is 5.88 Å². The maximum absolute atomic E-state index is 11.3. The molecule has 5 nitrogen and oxygen atoms in total. The zero-order valence-corrected chi connectivity index (χ0v) is 15.3. The summed E-state index contributed by atoms with van der Waals surface area (Å²) in [4.78, 5) is 15.5. The third-order valence-electron chi connectivity index (χ3n) is 5.11. The molecule has 0 N–H and O–H groups in total. The van der Waals surface area contributed by atoms with Gasteiger partial charge in [-0.05, 0) is 36.3 Å². The number of rotatable bonds is 7. The number of methoxy groups -OCH3 is 2. The Labute approximate surface area is 154 Å². The number of ether oxygens (including phenoxy) is 3. The molecule has 0 amide bonds. The van der Waals surface area contributed by atoms with E-state index in [1.54, 1.807) is 19.4 Å². The fraction of sp³-hybridized carbons (Fsp3) is 0.429. The Bertz CT molecular complexity index is 747. The van der Waals surface area contributed by atoms with Crippen molar-refractivity contribution in [1.29, 1.82) is 0 Å². The van der Waals surface area contributed by atoms with Crippen molar-refractivity contribution < 1.29 is 19.0 Å². The first-order valence-electron chi connectivity index (χ1n) is 9.01. The zero-order chi connectivity index (χ0) is 18.4. The molecule has 26 heavy (non-hydrogen) atoms. The minimum atomic E-state index is 0.377. The van der Waals surface area contributed by atoms with Crippen LogP contribution in [0.25, 0.3) is 0 Å². The Morgan fingerprint density at radius 2 is 1.92 bits per heavy atom. The van der Waals surface area contributed by atoms with Crippen LogP contribution < -0.4 is 14.2 Å². The van der Waals surface area contributed by atoms with Gasteiger partial charge in [0.05, 0.1) is 32.6 Å². The number of hydrogen-bond donors (Lipinski definition) is 0. The smallest absolute Gasteiger partial charge is 0.213 e. The second kappa shape index (κ2) is 8.70. The van der Waals surface area contributed by atoms with Crippen molar-refractivity contribution >= 4 is 6.29 Å². The molecule has 0 radical (unpaired) electrons. The van der Waals surface area contributed by atoms with Gasteiger partial charge >= 0.3 is 0 Å². The predicted octanol–water partition coefficient (Wildman–Crippen LogP) is 4.26. The molecule has 0 spiro atoms. The van der Waals surface area contributed by atoms with Crippen LogP contribution in [-0.4, -0.2) is 32.1 Å². The van der Waals surface area contributed by atoms with Crippen molar-refractivity contribution in [2.75, 3.05) is 20.8 Å². The number of pyridine rings is 1. The molecule has 1 aliphatic carbocycles. The number of carbonyl (C=O) groups excluding carboxylic acids is 1. The van der Waals surface area contributed by atoms with Crippen LogP contribution in [0.5, 0.6) is 17.4 Å². The first-order valence-corrected chi connectivity index (χ1v) is 9.01. The number of para-hydroxylation sites is 1. The van der Waals surface area contributed by atoms with Crippen molar-refractivity contribution in [3.63, 3.8) is 0 Å². The second-order valence-corrected chi connectivity index (χ2v) is 6.59. The highest BCUT2D eigenvalue weighted by Gasteiger charge is 2.29. The van der Waals surface area contributed by atoms with Crippen LogP contribution in [0, 0.1) is 5.92 Å². The third-order valence-corrected chi connectivity index (χ3v) is 5.11. The van der Waals surface area contributed by atoms with E-state index in [9.17, 15) is 4.79 Å². The molecule has 0 saturated heterocycles. The molecule has 5 heteroatoms. The molecule has 1 saturated carbocycles. The molecule has 2 unspecified atom stereocenters. The second-order valence-electron chi connectivity index (χ2n) is 6.59. The minimum Gasteiger partial charge on any atom is -0.496 e. The van der Waals surface area contributed by atoms with Crippen molar-refractivity contribution in [2.45, 2.75) is 31.6 Å². The standard InChI is InChI=1S/C21H25NO4/c1-24-19-10-6-5-9-18(19)17-8-4-3-7-15(17)14-26-20-12-22-21(25-2)11-16(20)13-23/h5-6,9-13,15,17H,3-4,7-8,14H2,1-2H3. The topological polar surface area (TPSA) is 57.7 Å². The van der Waals surface area contributed by atoms with Gasteiger partial charge in [-0.25, -0.2) is 4.98 Å². The normalized spacial score (nSPS) is 19.6. The molecule has 1 heterocycles. The van der Waals surface area contributed by atoms with Gasteiger partial charge in [0.15, 0.2) is 6.29 Å². The summed E-state index contributed by atoms with van der Waals surface area (Å²) < 4.78 is 16.6. The maximum atomic E-state index is 11.3. The quantitative estimate of drug-likeness (QED) is 0.695. The lowest BCUT2D eigenvalue weighted by Crippen LogP contribution is -2.24. The number of aromatic nitrogens is 1. The lowest BCUT2D eigenvalue weighted by Gasteiger charge is -2.32. The summed E-state index contributed by atoms with van der Waals surface area (Å²) in [5.74, 6) is 2.62. The molecule has 1 fully saturated rings. The molecule has 138 valence electrons. The van der Waals surface area contributed by atoms with Crippen LogP contribution in [0.4, 0.5) is 0 Å². The van der Waals surface area contributed by atoms with E-state index in [0.717, 1.165) is 24.9 Å². The fourth-order valence-corrected chi connectivity index (χ4v) is 3.75. The molecule has 1 aromatic heterocycles. The maximum Gasteiger partial charge on any atom is 0.213 e. The van der Waals surface area contributed by atoms with Gasteiger partial charge in [-0.1, -0.05) is 31.0 Å². The summed E-state index contributed by atoms with van der Waals surface area (Å²) in [5.41, 5.74) is 1.70. The Balaban J connectivity index is 1.76. The summed E-state index contributed by atoms with van der Waals surface area (Å²) in [5, 5.41) is 0. The summed E-state index contributed by atoms with van der Waals surface area (Å²) in [7, 11) is 3.24. The minimum absolute atomic E-state index is 0.377. The van der Waals surface area contributed by atoms with Gasteiger partial charge in [-0.2, -0.15) is 0 Å². The van der Waals surface area contributed by atoms with E-state index in [2.05, 4.69) is 17.1 Å². The lowest BCUT2D eigenvalue weighted by atomic mass is 9.75. The number of nitrogens with zero attached hydrogens (tertiary/aromatic N) is 1. The van der Waals surface area contributed by atoms with Crippen molar-refractivity contribution in [2.24, 2.45) is 5.92 Å². The summed E-state index contributed by atoms with van der Waals surface area (Å²) in [6.07, 6.45) is 6.96. The monoisotopic (exact) mass is 355 g/mol.